The Kier molecular flexibility index (Phi) is 5.95. The van der Waals surface area contributed by atoms with Crippen molar-refractivity contribution in [1.82, 2.24) is 15.1 Å². The second kappa shape index (κ2) is 7.46. The van der Waals surface area contributed by atoms with Gasteiger partial charge in [-0.2, -0.15) is 0 Å². The lowest BCUT2D eigenvalue weighted by atomic mass is 10.3. The van der Waals surface area contributed by atoms with Crippen LogP contribution >= 0.6 is 0 Å². The van der Waals surface area contributed by atoms with E-state index in [-0.39, 0.29) is 50.5 Å². The van der Waals surface area contributed by atoms with E-state index in [2.05, 4.69) is 10.1 Å². The van der Waals surface area contributed by atoms with Crippen LogP contribution in [0.4, 0.5) is 4.79 Å². The zero-order chi connectivity index (χ0) is 15.1. The number of nitrogens with zero attached hydrogens (tertiary/aromatic N) is 2. The van der Waals surface area contributed by atoms with Gasteiger partial charge in [0.25, 0.3) is 0 Å². The lowest BCUT2D eigenvalue weighted by molar-refractivity contribution is -0.143. The second-order valence-electron chi connectivity index (χ2n) is 4.37. The standard InChI is InChI=1S/C12H19N3O5/c1-3-20-11(18)7-13-9(16)5-4-6-15-10(17)8-14(2)12(15)19/h3-8H2,1-2H3,(H,13,16). The molecule has 1 heterocycles. The van der Waals surface area contributed by atoms with Crippen molar-refractivity contribution in [2.24, 2.45) is 0 Å². The third-order valence-corrected chi connectivity index (χ3v) is 2.75. The van der Waals surface area contributed by atoms with Gasteiger partial charge in [-0.3, -0.25) is 19.3 Å². The van der Waals surface area contributed by atoms with Crippen molar-refractivity contribution in [2.45, 2.75) is 19.8 Å². The second-order valence-corrected chi connectivity index (χ2v) is 4.37. The molecule has 1 N–H and O–H groups in total. The molecular formula is C12H19N3O5. The smallest absolute Gasteiger partial charge is 0.326 e. The van der Waals surface area contributed by atoms with Gasteiger partial charge in [-0.25, -0.2) is 4.79 Å². The molecule has 1 aliphatic rings. The number of urea groups is 1. The monoisotopic (exact) mass is 285 g/mol. The van der Waals surface area contributed by atoms with Crippen molar-refractivity contribution < 1.29 is 23.9 Å². The summed E-state index contributed by atoms with van der Waals surface area (Å²) in [5, 5.41) is 2.41. The quantitative estimate of drug-likeness (QED) is 0.495. The van der Waals surface area contributed by atoms with Crippen LogP contribution in [-0.4, -0.2) is 66.9 Å². The zero-order valence-electron chi connectivity index (χ0n) is 11.7. The SMILES string of the molecule is CCOC(=O)CNC(=O)CCCN1C(=O)CN(C)C1=O. The van der Waals surface area contributed by atoms with E-state index >= 15 is 0 Å². The van der Waals surface area contributed by atoms with Crippen molar-refractivity contribution in [1.29, 1.82) is 0 Å². The first-order chi connectivity index (χ1) is 9.45. The van der Waals surface area contributed by atoms with Crippen molar-refractivity contribution >= 4 is 23.8 Å². The molecule has 0 aromatic rings. The average Bonchev–Trinajstić information content (AvgIpc) is 2.63. The third-order valence-electron chi connectivity index (χ3n) is 2.75. The number of esters is 1. The van der Waals surface area contributed by atoms with Gasteiger partial charge in [-0.15, -0.1) is 0 Å². The van der Waals surface area contributed by atoms with Crippen LogP contribution in [0.5, 0.6) is 0 Å². The molecule has 8 nitrogen and oxygen atoms in total. The molecule has 0 saturated carbocycles. The van der Waals surface area contributed by atoms with Gasteiger partial charge in [0.15, 0.2) is 0 Å². The van der Waals surface area contributed by atoms with E-state index in [0.717, 1.165) is 4.90 Å². The minimum absolute atomic E-state index is 0.0773. The van der Waals surface area contributed by atoms with Crippen LogP contribution in [-0.2, 0) is 19.1 Å². The molecular weight excluding hydrogens is 266 g/mol. The minimum Gasteiger partial charge on any atom is -0.465 e. The van der Waals surface area contributed by atoms with Crippen molar-refractivity contribution in [3.63, 3.8) is 0 Å². The topological polar surface area (TPSA) is 96.0 Å². The summed E-state index contributed by atoms with van der Waals surface area (Å²) < 4.78 is 4.66. The van der Waals surface area contributed by atoms with Gasteiger partial charge in [0, 0.05) is 20.0 Å². The molecule has 1 rings (SSSR count). The van der Waals surface area contributed by atoms with E-state index < -0.39 is 5.97 Å². The van der Waals surface area contributed by atoms with Crippen molar-refractivity contribution in [3.05, 3.63) is 0 Å². The lowest BCUT2D eigenvalue weighted by Gasteiger charge is -2.13. The maximum absolute atomic E-state index is 11.5. The van der Waals surface area contributed by atoms with E-state index in [9.17, 15) is 19.2 Å². The van der Waals surface area contributed by atoms with E-state index in [0.29, 0.717) is 6.42 Å². The summed E-state index contributed by atoms with van der Waals surface area (Å²) in [6.07, 6.45) is 0.500. The Balaban J connectivity index is 2.21. The first-order valence-corrected chi connectivity index (χ1v) is 6.43. The van der Waals surface area contributed by atoms with Gasteiger partial charge in [-0.1, -0.05) is 0 Å². The first kappa shape index (κ1) is 15.9. The maximum atomic E-state index is 11.5. The van der Waals surface area contributed by atoms with Crippen molar-refractivity contribution in [3.8, 4) is 0 Å². The molecule has 8 heteroatoms. The Bertz CT molecular complexity index is 410. The molecule has 0 aromatic heterocycles. The third kappa shape index (κ3) is 4.52. The van der Waals surface area contributed by atoms with E-state index in [1.807, 2.05) is 0 Å². The van der Waals surface area contributed by atoms with E-state index in [1.165, 1.54) is 4.90 Å². The van der Waals surface area contributed by atoms with Gasteiger partial charge < -0.3 is 15.0 Å². The molecule has 0 unspecified atom stereocenters. The predicted octanol–water partition coefficient (Wildman–Crippen LogP) is -0.660. The van der Waals surface area contributed by atoms with Crippen LogP contribution in [0.25, 0.3) is 0 Å². The fourth-order valence-corrected chi connectivity index (χ4v) is 1.76. The molecule has 0 aliphatic carbocycles. The molecule has 20 heavy (non-hydrogen) atoms. The highest BCUT2D eigenvalue weighted by Gasteiger charge is 2.32. The molecule has 1 saturated heterocycles. The highest BCUT2D eigenvalue weighted by Crippen LogP contribution is 2.08. The van der Waals surface area contributed by atoms with Gasteiger partial charge >= 0.3 is 12.0 Å². The number of nitrogens with one attached hydrogen (secondary N) is 1. The summed E-state index contributed by atoms with van der Waals surface area (Å²) in [4.78, 5) is 47.9. The highest BCUT2D eigenvalue weighted by atomic mass is 16.5. The average molecular weight is 285 g/mol. The number of hydrogen-bond acceptors (Lipinski definition) is 5. The van der Waals surface area contributed by atoms with Gasteiger partial charge in [0.2, 0.25) is 11.8 Å². The normalized spacial score (nSPS) is 14.7. The molecule has 0 radical (unpaired) electrons. The van der Waals surface area contributed by atoms with Gasteiger partial charge in [0.1, 0.15) is 13.1 Å². The minimum atomic E-state index is -0.493. The number of amides is 4. The summed E-state index contributed by atoms with van der Waals surface area (Å²) in [5.41, 5.74) is 0. The van der Waals surface area contributed by atoms with Crippen LogP contribution in [0.2, 0.25) is 0 Å². The molecule has 0 bridgehead atoms. The summed E-state index contributed by atoms with van der Waals surface area (Å²) in [6, 6.07) is -0.345. The molecule has 0 atom stereocenters. The Morgan fingerprint density at radius 3 is 2.60 bits per heavy atom. The molecule has 1 fully saturated rings. The summed E-state index contributed by atoms with van der Waals surface area (Å²) >= 11 is 0. The van der Waals surface area contributed by atoms with Crippen LogP contribution in [0.1, 0.15) is 19.8 Å². The van der Waals surface area contributed by atoms with E-state index in [1.54, 1.807) is 14.0 Å². The number of ether oxygens (including phenoxy) is 1. The van der Waals surface area contributed by atoms with Crippen LogP contribution < -0.4 is 5.32 Å². The van der Waals surface area contributed by atoms with E-state index in [4.69, 9.17) is 0 Å². The van der Waals surface area contributed by atoms with Crippen LogP contribution in [0.15, 0.2) is 0 Å². The molecule has 0 spiro atoms. The molecule has 112 valence electrons. The number of imide groups is 1. The number of likely N-dealkylation sites (N-methyl/N-ethyl adjacent to an activating group) is 1. The lowest BCUT2D eigenvalue weighted by Crippen LogP contribution is -2.34. The molecule has 4 amide bonds. The highest BCUT2D eigenvalue weighted by molar-refractivity contribution is 6.01. The van der Waals surface area contributed by atoms with Gasteiger partial charge in [-0.05, 0) is 13.3 Å². The summed E-state index contributed by atoms with van der Waals surface area (Å²) in [7, 11) is 1.55. The number of rotatable bonds is 7. The number of carbonyl (C=O) groups is 4. The number of carbonyl (C=O) groups excluding carboxylic acids is 4. The molecule has 1 aliphatic heterocycles. The summed E-state index contributed by atoms with van der Waals surface area (Å²) in [5.74, 6) is -1.07. The van der Waals surface area contributed by atoms with Crippen LogP contribution in [0.3, 0.4) is 0 Å². The van der Waals surface area contributed by atoms with Crippen molar-refractivity contribution in [2.75, 3.05) is 33.3 Å². The number of hydrogen-bond donors (Lipinski definition) is 1. The zero-order valence-corrected chi connectivity index (χ0v) is 11.7. The maximum Gasteiger partial charge on any atom is 0.326 e. The first-order valence-electron chi connectivity index (χ1n) is 6.43. The van der Waals surface area contributed by atoms with Crippen LogP contribution in [0, 0.1) is 0 Å². The predicted molar refractivity (Wildman–Crippen MR) is 68.6 cm³/mol. The molecule has 0 aromatic carbocycles. The Labute approximate surface area is 117 Å². The Morgan fingerprint density at radius 2 is 2.05 bits per heavy atom. The summed E-state index contributed by atoms with van der Waals surface area (Å²) in [6.45, 7) is 2.06. The Morgan fingerprint density at radius 1 is 1.35 bits per heavy atom. The fraction of sp³-hybridized carbons (Fsp3) is 0.667. The van der Waals surface area contributed by atoms with Gasteiger partial charge in [0.05, 0.1) is 6.61 Å². The largest absolute Gasteiger partial charge is 0.465 e. The fourth-order valence-electron chi connectivity index (χ4n) is 1.76. The Hall–Kier alpha value is -2.12.